The monoisotopic (exact) mass is 310 g/mol. The molecule has 4 rings (SSSR count). The van der Waals surface area contributed by atoms with E-state index in [9.17, 15) is 4.79 Å². The van der Waals surface area contributed by atoms with Crippen LogP contribution in [0.3, 0.4) is 0 Å². The summed E-state index contributed by atoms with van der Waals surface area (Å²) in [6, 6.07) is 8.97. The molecule has 1 atom stereocenters. The van der Waals surface area contributed by atoms with Crippen LogP contribution in [0.5, 0.6) is 0 Å². The molecule has 0 unspecified atom stereocenters. The lowest BCUT2D eigenvalue weighted by Crippen LogP contribution is -2.43. The second-order valence-electron chi connectivity index (χ2n) is 6.67. The van der Waals surface area contributed by atoms with E-state index in [4.69, 9.17) is 0 Å². The third kappa shape index (κ3) is 2.87. The maximum atomic E-state index is 12.9. The van der Waals surface area contributed by atoms with Crippen molar-refractivity contribution in [2.45, 2.75) is 38.1 Å². The predicted octanol–water partition coefficient (Wildman–Crippen LogP) is 2.25. The molecule has 1 amide bonds. The second-order valence-corrected chi connectivity index (χ2v) is 6.67. The molecule has 2 aromatic rings. The van der Waals surface area contributed by atoms with Crippen molar-refractivity contribution in [1.29, 1.82) is 0 Å². The average Bonchev–Trinajstić information content (AvgIpc) is 3.15. The molecule has 1 aromatic carbocycles. The molecule has 1 aliphatic carbocycles. The highest BCUT2D eigenvalue weighted by atomic mass is 16.2. The maximum absolute atomic E-state index is 12.9. The number of hydrogen-bond donors (Lipinski definition) is 0. The van der Waals surface area contributed by atoms with Crippen LogP contribution in [0.1, 0.15) is 36.4 Å². The SMILES string of the molecule is O=C([C@@H]1CCc2ccccc2C1)N1CCC(n2cnnc2)CC1. The zero-order valence-electron chi connectivity index (χ0n) is 13.3. The van der Waals surface area contributed by atoms with Crippen molar-refractivity contribution < 1.29 is 4.79 Å². The van der Waals surface area contributed by atoms with Crippen molar-refractivity contribution >= 4 is 5.91 Å². The average molecular weight is 310 g/mol. The van der Waals surface area contributed by atoms with Gasteiger partial charge in [0.2, 0.25) is 5.91 Å². The Balaban J connectivity index is 1.37. The second kappa shape index (κ2) is 6.14. The van der Waals surface area contributed by atoms with E-state index in [-0.39, 0.29) is 5.92 Å². The Kier molecular flexibility index (Phi) is 3.85. The van der Waals surface area contributed by atoms with Crippen molar-refractivity contribution in [2.75, 3.05) is 13.1 Å². The minimum atomic E-state index is 0.163. The van der Waals surface area contributed by atoms with Crippen LogP contribution in [-0.2, 0) is 17.6 Å². The number of hydrogen-bond acceptors (Lipinski definition) is 3. The fourth-order valence-corrected chi connectivity index (χ4v) is 3.95. The van der Waals surface area contributed by atoms with E-state index in [1.165, 1.54) is 11.1 Å². The zero-order valence-corrected chi connectivity index (χ0v) is 13.3. The number of likely N-dealkylation sites (tertiary alicyclic amines) is 1. The van der Waals surface area contributed by atoms with Crippen molar-refractivity contribution in [2.24, 2.45) is 5.92 Å². The highest BCUT2D eigenvalue weighted by Crippen LogP contribution is 2.29. The number of carbonyl (C=O) groups excluding carboxylic acids is 1. The molecule has 0 bridgehead atoms. The summed E-state index contributed by atoms with van der Waals surface area (Å²) >= 11 is 0. The van der Waals surface area contributed by atoms with Gasteiger partial charge in [-0.25, -0.2) is 0 Å². The molecule has 1 aliphatic heterocycles. The lowest BCUT2D eigenvalue weighted by Gasteiger charge is -2.35. The topological polar surface area (TPSA) is 51.0 Å². The Morgan fingerprint density at radius 2 is 1.70 bits per heavy atom. The number of nitrogens with zero attached hydrogens (tertiary/aromatic N) is 4. The lowest BCUT2D eigenvalue weighted by atomic mass is 9.83. The van der Waals surface area contributed by atoms with Crippen LogP contribution in [0.25, 0.3) is 0 Å². The van der Waals surface area contributed by atoms with Crippen molar-refractivity contribution in [1.82, 2.24) is 19.7 Å². The summed E-state index contributed by atoms with van der Waals surface area (Å²) in [6.45, 7) is 1.69. The number of fused-ring (bicyclic) bond motifs is 1. The molecule has 0 spiro atoms. The summed E-state index contributed by atoms with van der Waals surface area (Å²) in [5.41, 5.74) is 2.78. The van der Waals surface area contributed by atoms with Gasteiger partial charge in [0.15, 0.2) is 0 Å². The molecule has 5 nitrogen and oxygen atoms in total. The maximum Gasteiger partial charge on any atom is 0.226 e. The van der Waals surface area contributed by atoms with E-state index in [0.29, 0.717) is 11.9 Å². The molecule has 2 heterocycles. The molecule has 120 valence electrons. The van der Waals surface area contributed by atoms with Crippen LogP contribution >= 0.6 is 0 Å². The number of benzene rings is 1. The Morgan fingerprint density at radius 1 is 1.00 bits per heavy atom. The Hall–Kier alpha value is -2.17. The third-order valence-electron chi connectivity index (χ3n) is 5.33. The van der Waals surface area contributed by atoms with Gasteiger partial charge in [0.05, 0.1) is 0 Å². The molecule has 2 aliphatic rings. The fourth-order valence-electron chi connectivity index (χ4n) is 3.95. The van der Waals surface area contributed by atoms with Gasteiger partial charge in [0.1, 0.15) is 12.7 Å². The molecule has 1 fully saturated rings. The molecule has 5 heteroatoms. The molecular weight excluding hydrogens is 288 g/mol. The quantitative estimate of drug-likeness (QED) is 0.855. The third-order valence-corrected chi connectivity index (χ3v) is 5.33. The molecular formula is C18H22N4O. The van der Waals surface area contributed by atoms with E-state index in [1.807, 2.05) is 0 Å². The number of aryl methyl sites for hydroxylation is 1. The van der Waals surface area contributed by atoms with Gasteiger partial charge in [-0.2, -0.15) is 0 Å². The number of carbonyl (C=O) groups is 1. The van der Waals surface area contributed by atoms with Gasteiger partial charge < -0.3 is 9.47 Å². The smallest absolute Gasteiger partial charge is 0.226 e. The first-order chi connectivity index (χ1) is 11.3. The Bertz CT molecular complexity index is 674. The first-order valence-corrected chi connectivity index (χ1v) is 8.51. The van der Waals surface area contributed by atoms with Crippen LogP contribution in [-0.4, -0.2) is 38.7 Å². The van der Waals surface area contributed by atoms with Gasteiger partial charge in [0.25, 0.3) is 0 Å². The van der Waals surface area contributed by atoms with Gasteiger partial charge in [-0.1, -0.05) is 24.3 Å². The summed E-state index contributed by atoms with van der Waals surface area (Å²) in [7, 11) is 0. The predicted molar refractivity (Wildman–Crippen MR) is 86.8 cm³/mol. The minimum Gasteiger partial charge on any atom is -0.342 e. The number of rotatable bonds is 2. The molecule has 23 heavy (non-hydrogen) atoms. The van der Waals surface area contributed by atoms with Crippen LogP contribution in [0.2, 0.25) is 0 Å². The summed E-state index contributed by atoms with van der Waals surface area (Å²) < 4.78 is 2.07. The van der Waals surface area contributed by atoms with E-state index >= 15 is 0 Å². The van der Waals surface area contributed by atoms with Gasteiger partial charge >= 0.3 is 0 Å². The van der Waals surface area contributed by atoms with E-state index in [0.717, 1.165) is 45.2 Å². The minimum absolute atomic E-state index is 0.163. The Labute approximate surface area is 136 Å². The first kappa shape index (κ1) is 14.4. The van der Waals surface area contributed by atoms with Crippen LogP contribution < -0.4 is 0 Å². The van der Waals surface area contributed by atoms with Crippen LogP contribution in [0, 0.1) is 5.92 Å². The lowest BCUT2D eigenvalue weighted by molar-refractivity contribution is -0.137. The standard InChI is InChI=1S/C18H22N4O/c23-18(16-6-5-14-3-1-2-4-15(14)11-16)21-9-7-17(8-10-21)22-12-19-20-13-22/h1-4,12-13,16-17H,5-11H2/t16-/m1/s1. The van der Waals surface area contributed by atoms with Crippen LogP contribution in [0.15, 0.2) is 36.9 Å². The number of amides is 1. The summed E-state index contributed by atoms with van der Waals surface area (Å²) in [4.78, 5) is 14.9. The van der Waals surface area contributed by atoms with Gasteiger partial charge in [-0.15, -0.1) is 10.2 Å². The normalized spacial score (nSPS) is 21.9. The first-order valence-electron chi connectivity index (χ1n) is 8.51. The summed E-state index contributed by atoms with van der Waals surface area (Å²) in [5.74, 6) is 0.512. The number of piperidine rings is 1. The van der Waals surface area contributed by atoms with Gasteiger partial charge in [-0.05, 0) is 43.2 Å². The van der Waals surface area contributed by atoms with E-state index in [2.05, 4.69) is 43.9 Å². The number of aromatic nitrogens is 3. The van der Waals surface area contributed by atoms with Crippen molar-refractivity contribution in [3.8, 4) is 0 Å². The largest absolute Gasteiger partial charge is 0.342 e. The van der Waals surface area contributed by atoms with Crippen LogP contribution in [0.4, 0.5) is 0 Å². The van der Waals surface area contributed by atoms with E-state index in [1.54, 1.807) is 12.7 Å². The zero-order chi connectivity index (χ0) is 15.6. The summed E-state index contributed by atoms with van der Waals surface area (Å²) in [6.07, 6.45) is 8.46. The fraction of sp³-hybridized carbons (Fsp3) is 0.500. The molecule has 0 saturated carbocycles. The molecule has 1 aromatic heterocycles. The van der Waals surface area contributed by atoms with Crippen molar-refractivity contribution in [3.63, 3.8) is 0 Å². The Morgan fingerprint density at radius 3 is 2.43 bits per heavy atom. The van der Waals surface area contributed by atoms with Crippen molar-refractivity contribution in [3.05, 3.63) is 48.0 Å². The molecule has 0 radical (unpaired) electrons. The highest BCUT2D eigenvalue weighted by molar-refractivity contribution is 5.79. The summed E-state index contributed by atoms with van der Waals surface area (Å²) in [5, 5.41) is 7.76. The highest BCUT2D eigenvalue weighted by Gasteiger charge is 2.30. The molecule has 0 N–H and O–H groups in total. The van der Waals surface area contributed by atoms with Gasteiger partial charge in [-0.3, -0.25) is 4.79 Å². The van der Waals surface area contributed by atoms with E-state index < -0.39 is 0 Å². The van der Waals surface area contributed by atoms with Gasteiger partial charge in [0, 0.05) is 25.0 Å². The molecule has 1 saturated heterocycles.